The fraction of sp³-hybridized carbons (Fsp3) is 0.640. The highest BCUT2D eigenvalue weighted by molar-refractivity contribution is 8.02. The normalized spacial score (nSPS) is 35.3. The van der Waals surface area contributed by atoms with Gasteiger partial charge in [0, 0.05) is 38.4 Å². The van der Waals surface area contributed by atoms with E-state index in [0.29, 0.717) is 35.2 Å². The van der Waals surface area contributed by atoms with Gasteiger partial charge in [-0.3, -0.25) is 10.7 Å². The first-order valence-electron chi connectivity index (χ1n) is 12.4. The molecule has 0 bridgehead atoms. The zero-order chi connectivity index (χ0) is 24.8. The number of thioether (sulfide) groups is 1. The number of ether oxygens (including phenoxy) is 1. The molecule has 1 saturated heterocycles. The van der Waals surface area contributed by atoms with E-state index in [0.717, 1.165) is 25.3 Å². The lowest BCUT2D eigenvalue weighted by atomic mass is 9.84. The van der Waals surface area contributed by atoms with Crippen LogP contribution in [0.15, 0.2) is 45.4 Å². The van der Waals surface area contributed by atoms with Crippen LogP contribution in [0.25, 0.3) is 0 Å². The number of hydrazine groups is 1. The van der Waals surface area contributed by atoms with Gasteiger partial charge in [-0.1, -0.05) is 25.2 Å². The number of aliphatic hydroxyl groups excluding tert-OH is 1. The standard InChI is InChI=1S/C25H37N7O2S/c1-16-6-8-17(9-7-16)20-5-4-12-32(20)25-29-22(18-10-11-21(33)27-14-18)23(34-2)24(30-25)31-28-15-19(13-26)35-3/h6,8,10-11,15-18,20-23,27-28,33H,4-5,7,9,12,14H2,1-3H3,(H,29,30,31)/b19-15-/t16-,17+,18+,20+,21-,22+,23?/m1/s1. The van der Waals surface area contributed by atoms with Gasteiger partial charge in [0.2, 0.25) is 5.96 Å². The van der Waals surface area contributed by atoms with Crippen LogP contribution in [-0.4, -0.2) is 72.7 Å². The molecule has 1 unspecified atom stereocenters. The van der Waals surface area contributed by atoms with E-state index in [1.807, 2.05) is 12.3 Å². The molecule has 0 aromatic rings. The Kier molecular flexibility index (Phi) is 8.89. The van der Waals surface area contributed by atoms with E-state index in [2.05, 4.69) is 46.2 Å². The molecule has 1 aliphatic carbocycles. The SMILES string of the molecule is COC1C(NN/C=C(/C#N)SC)=NC(N2CCC[C@H]2[C@H]2C=C[C@@H](C)CC2)=N[C@H]1[C@H]1C=C[C@@H](O)NC1. The number of likely N-dealkylation sites (tertiary alicyclic amines) is 1. The summed E-state index contributed by atoms with van der Waals surface area (Å²) in [7, 11) is 1.66. The van der Waals surface area contributed by atoms with Crippen molar-refractivity contribution in [1.29, 1.82) is 5.26 Å². The van der Waals surface area contributed by atoms with Crippen LogP contribution in [0.4, 0.5) is 0 Å². The number of nitrogens with one attached hydrogen (secondary N) is 3. The molecule has 3 aliphatic heterocycles. The van der Waals surface area contributed by atoms with Crippen LogP contribution in [0.5, 0.6) is 0 Å². The van der Waals surface area contributed by atoms with E-state index in [4.69, 9.17) is 14.7 Å². The summed E-state index contributed by atoms with van der Waals surface area (Å²) >= 11 is 1.37. The van der Waals surface area contributed by atoms with Crippen LogP contribution in [0, 0.1) is 29.1 Å². The van der Waals surface area contributed by atoms with Gasteiger partial charge in [-0.05, 0) is 49.9 Å². The lowest BCUT2D eigenvalue weighted by Gasteiger charge is -2.38. The fourth-order valence-electron chi connectivity index (χ4n) is 5.35. The average Bonchev–Trinajstić information content (AvgIpc) is 3.37. The number of methoxy groups -OCH3 is 1. The number of nitriles is 1. The van der Waals surface area contributed by atoms with Gasteiger partial charge in [0.05, 0.1) is 6.04 Å². The van der Waals surface area contributed by atoms with E-state index in [-0.39, 0.29) is 12.0 Å². The molecule has 0 amide bonds. The van der Waals surface area contributed by atoms with Crippen molar-refractivity contribution in [2.45, 2.75) is 57.0 Å². The van der Waals surface area contributed by atoms with Gasteiger partial charge >= 0.3 is 0 Å². The number of allylic oxidation sites excluding steroid dienone is 2. The number of aliphatic hydroxyl groups is 1. The van der Waals surface area contributed by atoms with Crippen molar-refractivity contribution in [1.82, 2.24) is 21.1 Å². The van der Waals surface area contributed by atoms with Crippen molar-refractivity contribution in [2.75, 3.05) is 26.5 Å². The smallest absolute Gasteiger partial charge is 0.223 e. The van der Waals surface area contributed by atoms with Crippen LogP contribution >= 0.6 is 11.8 Å². The summed E-state index contributed by atoms with van der Waals surface area (Å²) in [5.41, 5.74) is 6.19. The lowest BCUT2D eigenvalue weighted by molar-refractivity contribution is 0.104. The summed E-state index contributed by atoms with van der Waals surface area (Å²) in [6.45, 7) is 3.80. The van der Waals surface area contributed by atoms with Gasteiger partial charge in [-0.25, -0.2) is 4.99 Å². The molecule has 10 heteroatoms. The third-order valence-corrected chi connectivity index (χ3v) is 7.94. The molecule has 4 rings (SSSR count). The average molecular weight is 500 g/mol. The van der Waals surface area contributed by atoms with Crippen molar-refractivity contribution in [3.05, 3.63) is 35.4 Å². The van der Waals surface area contributed by atoms with Gasteiger partial charge in [0.1, 0.15) is 23.3 Å². The summed E-state index contributed by atoms with van der Waals surface area (Å²) in [4.78, 5) is 13.0. The number of guanidine groups is 1. The van der Waals surface area contributed by atoms with Gasteiger partial charge in [0.25, 0.3) is 0 Å². The largest absolute Gasteiger partial charge is 0.375 e. The zero-order valence-corrected chi connectivity index (χ0v) is 21.5. The topological polar surface area (TPSA) is 117 Å². The second kappa shape index (κ2) is 12.1. The molecular weight excluding hydrogens is 462 g/mol. The van der Waals surface area contributed by atoms with Gasteiger partial charge in [-0.15, -0.1) is 11.8 Å². The molecule has 4 N–H and O–H groups in total. The number of rotatable bonds is 6. The van der Waals surface area contributed by atoms with E-state index in [1.54, 1.807) is 19.4 Å². The summed E-state index contributed by atoms with van der Waals surface area (Å²) in [5, 5.41) is 22.2. The highest BCUT2D eigenvalue weighted by Crippen LogP contribution is 2.34. The van der Waals surface area contributed by atoms with E-state index < -0.39 is 12.3 Å². The summed E-state index contributed by atoms with van der Waals surface area (Å²) in [6, 6.07) is 2.32. The van der Waals surface area contributed by atoms with E-state index in [1.165, 1.54) is 24.6 Å². The summed E-state index contributed by atoms with van der Waals surface area (Å²) in [6.07, 6.45) is 15.6. The first-order chi connectivity index (χ1) is 17.0. The number of hydrogen-bond donors (Lipinski definition) is 4. The quantitative estimate of drug-likeness (QED) is 0.249. The molecular formula is C25H37N7O2S. The lowest BCUT2D eigenvalue weighted by Crippen LogP contribution is -2.55. The number of amidine groups is 1. The van der Waals surface area contributed by atoms with Gasteiger partial charge < -0.3 is 20.2 Å². The van der Waals surface area contributed by atoms with Crippen LogP contribution < -0.4 is 16.2 Å². The van der Waals surface area contributed by atoms with Gasteiger partial charge in [0.15, 0.2) is 5.84 Å². The van der Waals surface area contributed by atoms with E-state index >= 15 is 0 Å². The maximum Gasteiger partial charge on any atom is 0.223 e. The minimum atomic E-state index is -0.642. The Bertz CT molecular complexity index is 941. The predicted molar refractivity (Wildman–Crippen MR) is 140 cm³/mol. The minimum Gasteiger partial charge on any atom is -0.375 e. The predicted octanol–water partition coefficient (Wildman–Crippen LogP) is 2.12. The van der Waals surface area contributed by atoms with Crippen molar-refractivity contribution >= 4 is 23.6 Å². The third kappa shape index (κ3) is 6.09. The second-order valence-electron chi connectivity index (χ2n) is 9.58. The number of hydrogen-bond acceptors (Lipinski definition) is 10. The minimum absolute atomic E-state index is 0.0403. The first kappa shape index (κ1) is 25.8. The van der Waals surface area contributed by atoms with Crippen molar-refractivity contribution < 1.29 is 9.84 Å². The monoisotopic (exact) mass is 499 g/mol. The third-order valence-electron chi connectivity index (χ3n) is 7.29. The molecule has 0 aromatic heterocycles. The Balaban J connectivity index is 1.62. The van der Waals surface area contributed by atoms with E-state index in [9.17, 15) is 10.4 Å². The molecule has 3 heterocycles. The van der Waals surface area contributed by atoms with Crippen LogP contribution in [0.2, 0.25) is 0 Å². The second-order valence-corrected chi connectivity index (χ2v) is 10.4. The molecule has 4 aliphatic rings. The Morgan fingerprint density at radius 3 is 2.77 bits per heavy atom. The van der Waals surface area contributed by atoms with Gasteiger partial charge in [-0.2, -0.15) is 10.3 Å². The molecule has 0 radical (unpaired) electrons. The van der Waals surface area contributed by atoms with Crippen LogP contribution in [0.3, 0.4) is 0 Å². The molecule has 1 fully saturated rings. The number of nitrogens with zero attached hydrogens (tertiary/aromatic N) is 4. The molecule has 190 valence electrons. The summed E-state index contributed by atoms with van der Waals surface area (Å²) in [5.74, 6) is 2.56. The summed E-state index contributed by atoms with van der Waals surface area (Å²) < 4.78 is 5.89. The molecule has 0 saturated carbocycles. The van der Waals surface area contributed by atoms with Crippen molar-refractivity contribution in [2.24, 2.45) is 27.7 Å². The Hall–Kier alpha value is -2.32. The first-order valence-corrected chi connectivity index (χ1v) is 13.7. The van der Waals surface area contributed by atoms with Crippen molar-refractivity contribution in [3.8, 4) is 6.07 Å². The molecule has 0 aromatic carbocycles. The Morgan fingerprint density at radius 1 is 1.29 bits per heavy atom. The highest BCUT2D eigenvalue weighted by atomic mass is 32.2. The van der Waals surface area contributed by atoms with Crippen LogP contribution in [0.1, 0.15) is 32.6 Å². The maximum absolute atomic E-state index is 9.88. The highest BCUT2D eigenvalue weighted by Gasteiger charge is 2.40. The maximum atomic E-state index is 9.88. The number of aliphatic imine (C=N–C) groups is 2. The molecule has 0 spiro atoms. The molecule has 35 heavy (non-hydrogen) atoms. The Labute approximate surface area is 212 Å². The van der Waals surface area contributed by atoms with Crippen molar-refractivity contribution in [3.63, 3.8) is 0 Å². The Morgan fingerprint density at radius 2 is 2.11 bits per heavy atom. The fourth-order valence-corrected chi connectivity index (χ4v) is 5.61. The zero-order valence-electron chi connectivity index (χ0n) is 20.7. The van der Waals surface area contributed by atoms with Crippen LogP contribution in [-0.2, 0) is 4.74 Å². The molecule has 9 nitrogen and oxygen atoms in total. The molecule has 7 atom stereocenters.